The molecular weight excluding hydrogens is 342 g/mol. The summed E-state index contributed by atoms with van der Waals surface area (Å²) in [7, 11) is 0. The first-order valence-corrected chi connectivity index (χ1v) is 9.01. The second-order valence-electron chi connectivity index (χ2n) is 6.67. The highest BCUT2D eigenvalue weighted by molar-refractivity contribution is 5.88. The molecule has 0 saturated heterocycles. The van der Waals surface area contributed by atoms with Crippen molar-refractivity contribution in [3.63, 3.8) is 0 Å². The molecule has 2 aromatic rings. The van der Waals surface area contributed by atoms with Crippen LogP contribution < -0.4 is 20.7 Å². The first-order valence-electron chi connectivity index (χ1n) is 9.01. The van der Waals surface area contributed by atoms with Crippen LogP contribution >= 0.6 is 0 Å². The zero-order valence-electron chi connectivity index (χ0n) is 16.2. The quantitative estimate of drug-likeness (QED) is 0.690. The second-order valence-corrected chi connectivity index (χ2v) is 6.67. The van der Waals surface area contributed by atoms with E-state index in [1.165, 1.54) is 6.92 Å². The van der Waals surface area contributed by atoms with Crippen LogP contribution in [0.2, 0.25) is 0 Å². The molecule has 144 valence electrons. The number of anilines is 1. The van der Waals surface area contributed by atoms with Gasteiger partial charge in [0.25, 0.3) is 0 Å². The molecule has 0 spiro atoms. The van der Waals surface area contributed by atoms with Crippen molar-refractivity contribution in [3.05, 3.63) is 59.7 Å². The normalized spacial score (nSPS) is 11.6. The first-order chi connectivity index (χ1) is 12.8. The van der Waals surface area contributed by atoms with Crippen molar-refractivity contribution in [2.75, 3.05) is 5.32 Å². The van der Waals surface area contributed by atoms with Crippen molar-refractivity contribution in [1.29, 1.82) is 0 Å². The minimum Gasteiger partial charge on any atom is -0.491 e. The van der Waals surface area contributed by atoms with Crippen LogP contribution in [0.25, 0.3) is 0 Å². The van der Waals surface area contributed by atoms with Gasteiger partial charge >= 0.3 is 6.03 Å². The Kier molecular flexibility index (Phi) is 7.23. The predicted molar refractivity (Wildman–Crippen MR) is 107 cm³/mol. The maximum Gasteiger partial charge on any atom is 0.315 e. The molecule has 2 rings (SSSR count). The van der Waals surface area contributed by atoms with Gasteiger partial charge in [0.15, 0.2) is 0 Å². The Balaban J connectivity index is 1.89. The molecule has 0 bridgehead atoms. The molecular formula is C21H27N3O3. The molecule has 0 radical (unpaired) electrons. The number of rotatable bonds is 7. The van der Waals surface area contributed by atoms with Gasteiger partial charge in [-0.3, -0.25) is 4.79 Å². The van der Waals surface area contributed by atoms with E-state index >= 15 is 0 Å². The van der Waals surface area contributed by atoms with E-state index in [0.29, 0.717) is 12.2 Å². The largest absolute Gasteiger partial charge is 0.491 e. The van der Waals surface area contributed by atoms with Gasteiger partial charge in [-0.1, -0.05) is 24.3 Å². The maximum atomic E-state index is 12.2. The molecule has 0 heterocycles. The lowest BCUT2D eigenvalue weighted by molar-refractivity contribution is -0.114. The lowest BCUT2D eigenvalue weighted by atomic mass is 10.1. The van der Waals surface area contributed by atoms with Gasteiger partial charge in [-0.25, -0.2) is 4.79 Å². The zero-order chi connectivity index (χ0) is 19.8. The summed E-state index contributed by atoms with van der Waals surface area (Å²) in [6, 6.07) is 14.6. The van der Waals surface area contributed by atoms with Crippen molar-refractivity contribution in [2.24, 2.45) is 0 Å². The van der Waals surface area contributed by atoms with Crippen LogP contribution in [-0.4, -0.2) is 18.0 Å². The topological polar surface area (TPSA) is 79.5 Å². The smallest absolute Gasteiger partial charge is 0.315 e. The van der Waals surface area contributed by atoms with Gasteiger partial charge in [0.05, 0.1) is 12.1 Å². The number of hydrogen-bond acceptors (Lipinski definition) is 3. The van der Waals surface area contributed by atoms with Gasteiger partial charge < -0.3 is 20.7 Å². The van der Waals surface area contributed by atoms with E-state index in [2.05, 4.69) is 16.0 Å². The third kappa shape index (κ3) is 7.01. The summed E-state index contributed by atoms with van der Waals surface area (Å²) in [4.78, 5) is 23.4. The third-order valence-electron chi connectivity index (χ3n) is 3.78. The number of urea groups is 1. The fourth-order valence-electron chi connectivity index (χ4n) is 2.60. The summed E-state index contributed by atoms with van der Waals surface area (Å²) in [5.41, 5.74) is 2.57. The van der Waals surface area contributed by atoms with E-state index in [1.54, 1.807) is 0 Å². The van der Waals surface area contributed by atoms with Crippen LogP contribution in [0.15, 0.2) is 48.5 Å². The molecule has 0 aliphatic rings. The number of ether oxygens (including phenoxy) is 1. The standard InChI is InChI=1S/C21H27N3O3/c1-14(2)27-20-10-5-7-17(11-20)13-22-21(26)23-15(3)18-8-6-9-19(12-18)24-16(4)25/h5-12,14-15H,13H2,1-4H3,(H,24,25)(H2,22,23,26)/t15-/m0/s1. The molecule has 0 fully saturated rings. The lowest BCUT2D eigenvalue weighted by Gasteiger charge is -2.16. The van der Waals surface area contributed by atoms with Crippen LogP contribution in [0.1, 0.15) is 44.9 Å². The van der Waals surface area contributed by atoms with E-state index < -0.39 is 0 Å². The molecule has 0 aliphatic heterocycles. The molecule has 6 heteroatoms. The Hall–Kier alpha value is -3.02. The minimum absolute atomic E-state index is 0.102. The Morgan fingerprint density at radius 2 is 1.78 bits per heavy atom. The Morgan fingerprint density at radius 3 is 2.48 bits per heavy atom. The van der Waals surface area contributed by atoms with Crippen molar-refractivity contribution >= 4 is 17.6 Å². The molecule has 2 aromatic carbocycles. The number of benzene rings is 2. The Morgan fingerprint density at radius 1 is 1.04 bits per heavy atom. The highest BCUT2D eigenvalue weighted by Gasteiger charge is 2.10. The molecule has 0 aliphatic carbocycles. The van der Waals surface area contributed by atoms with E-state index in [1.807, 2.05) is 69.3 Å². The summed E-state index contributed by atoms with van der Waals surface area (Å²) in [5, 5.41) is 8.49. The van der Waals surface area contributed by atoms with Gasteiger partial charge in [0, 0.05) is 19.2 Å². The van der Waals surface area contributed by atoms with Crippen LogP contribution in [0.5, 0.6) is 5.75 Å². The van der Waals surface area contributed by atoms with Gasteiger partial charge in [0.1, 0.15) is 5.75 Å². The zero-order valence-corrected chi connectivity index (χ0v) is 16.2. The first kappa shape index (κ1) is 20.3. The second kappa shape index (κ2) is 9.62. The molecule has 0 unspecified atom stereocenters. The van der Waals surface area contributed by atoms with E-state index in [-0.39, 0.29) is 24.1 Å². The summed E-state index contributed by atoms with van der Waals surface area (Å²) in [5.74, 6) is 0.655. The van der Waals surface area contributed by atoms with Crippen LogP contribution in [0.3, 0.4) is 0 Å². The predicted octanol–water partition coefficient (Wildman–Crippen LogP) is 3.99. The van der Waals surface area contributed by atoms with E-state index in [9.17, 15) is 9.59 Å². The van der Waals surface area contributed by atoms with Crippen molar-refractivity contribution in [1.82, 2.24) is 10.6 Å². The van der Waals surface area contributed by atoms with E-state index in [4.69, 9.17) is 4.74 Å². The van der Waals surface area contributed by atoms with E-state index in [0.717, 1.165) is 16.9 Å². The number of hydrogen-bond donors (Lipinski definition) is 3. The van der Waals surface area contributed by atoms with Gasteiger partial charge in [-0.2, -0.15) is 0 Å². The highest BCUT2D eigenvalue weighted by Crippen LogP contribution is 2.18. The number of carbonyl (C=O) groups is 2. The number of nitrogens with one attached hydrogen (secondary N) is 3. The number of amides is 3. The van der Waals surface area contributed by atoms with Gasteiger partial charge in [-0.15, -0.1) is 0 Å². The molecule has 3 N–H and O–H groups in total. The van der Waals surface area contributed by atoms with Gasteiger partial charge in [0.2, 0.25) is 5.91 Å². The molecule has 27 heavy (non-hydrogen) atoms. The summed E-state index contributed by atoms with van der Waals surface area (Å²) >= 11 is 0. The maximum absolute atomic E-state index is 12.2. The molecule has 1 atom stereocenters. The van der Waals surface area contributed by atoms with Crippen molar-refractivity contribution in [2.45, 2.75) is 46.4 Å². The van der Waals surface area contributed by atoms with Crippen LogP contribution in [-0.2, 0) is 11.3 Å². The fourth-order valence-corrected chi connectivity index (χ4v) is 2.60. The van der Waals surface area contributed by atoms with Crippen molar-refractivity contribution < 1.29 is 14.3 Å². The number of carbonyl (C=O) groups excluding carboxylic acids is 2. The Bertz CT molecular complexity index is 790. The molecule has 3 amide bonds. The lowest BCUT2D eigenvalue weighted by Crippen LogP contribution is -2.36. The molecule has 6 nitrogen and oxygen atoms in total. The average molecular weight is 369 g/mol. The van der Waals surface area contributed by atoms with Crippen LogP contribution in [0, 0.1) is 0 Å². The third-order valence-corrected chi connectivity index (χ3v) is 3.78. The SMILES string of the molecule is CC(=O)Nc1cccc([C@H](C)NC(=O)NCc2cccc(OC(C)C)c2)c1. The average Bonchev–Trinajstić information content (AvgIpc) is 2.59. The summed E-state index contributed by atoms with van der Waals surface area (Å²) in [6.45, 7) is 7.70. The minimum atomic E-state index is -0.261. The van der Waals surface area contributed by atoms with Gasteiger partial charge in [-0.05, 0) is 56.2 Å². The highest BCUT2D eigenvalue weighted by atomic mass is 16.5. The Labute approximate surface area is 160 Å². The fraction of sp³-hybridized carbons (Fsp3) is 0.333. The van der Waals surface area contributed by atoms with Crippen LogP contribution in [0.4, 0.5) is 10.5 Å². The monoisotopic (exact) mass is 369 g/mol. The summed E-state index contributed by atoms with van der Waals surface area (Å²) in [6.07, 6.45) is 0.102. The van der Waals surface area contributed by atoms with Crippen molar-refractivity contribution in [3.8, 4) is 5.75 Å². The molecule has 0 aromatic heterocycles. The summed E-state index contributed by atoms with van der Waals surface area (Å²) < 4.78 is 5.66. The molecule has 0 saturated carbocycles.